The van der Waals surface area contributed by atoms with Crippen molar-refractivity contribution >= 4 is 5.91 Å². The van der Waals surface area contributed by atoms with Crippen LogP contribution in [-0.4, -0.2) is 29.9 Å². The number of carbonyl (C=O) groups excluding carboxylic acids is 1. The van der Waals surface area contributed by atoms with Crippen molar-refractivity contribution in [3.63, 3.8) is 0 Å². The number of benzene rings is 1. The lowest BCUT2D eigenvalue weighted by Crippen LogP contribution is -2.34. The lowest BCUT2D eigenvalue weighted by molar-refractivity contribution is -0.129. The first-order valence-corrected chi connectivity index (χ1v) is 7.26. The summed E-state index contributed by atoms with van der Waals surface area (Å²) < 4.78 is 0. The predicted octanol–water partition coefficient (Wildman–Crippen LogP) is 2.49. The number of carbonyl (C=O) groups is 1. The summed E-state index contributed by atoms with van der Waals surface area (Å²) >= 11 is 0. The zero-order valence-corrected chi connectivity index (χ0v) is 12.0. The Morgan fingerprint density at radius 3 is 2.74 bits per heavy atom. The molecular weight excluding hydrogens is 236 g/mol. The van der Waals surface area contributed by atoms with Crippen molar-refractivity contribution in [1.29, 1.82) is 0 Å². The van der Waals surface area contributed by atoms with Crippen molar-refractivity contribution in [2.75, 3.05) is 13.1 Å². The van der Waals surface area contributed by atoms with E-state index in [0.717, 1.165) is 32.5 Å². The second kappa shape index (κ2) is 6.71. The van der Waals surface area contributed by atoms with Crippen LogP contribution in [0.5, 0.6) is 0 Å². The van der Waals surface area contributed by atoms with Crippen LogP contribution < -0.4 is 5.32 Å². The van der Waals surface area contributed by atoms with Crippen LogP contribution in [0.3, 0.4) is 0 Å². The molecule has 1 amide bonds. The third kappa shape index (κ3) is 3.80. The maximum absolute atomic E-state index is 12.0. The van der Waals surface area contributed by atoms with Crippen LogP contribution in [0.2, 0.25) is 0 Å². The van der Waals surface area contributed by atoms with Gasteiger partial charge in [-0.05, 0) is 38.4 Å². The van der Waals surface area contributed by atoms with Crippen LogP contribution in [0.25, 0.3) is 0 Å². The van der Waals surface area contributed by atoms with Gasteiger partial charge in [0.05, 0.1) is 0 Å². The fraction of sp³-hybridized carbons (Fsp3) is 0.562. The summed E-state index contributed by atoms with van der Waals surface area (Å²) in [5, 5.41) is 3.34. The van der Waals surface area contributed by atoms with E-state index in [1.54, 1.807) is 0 Å². The van der Waals surface area contributed by atoms with Crippen LogP contribution in [0.4, 0.5) is 0 Å². The molecule has 1 saturated heterocycles. The SMILES string of the molecule is CCNCCC1CCC(=O)N1Cc1ccc(C)cc1. The summed E-state index contributed by atoms with van der Waals surface area (Å²) in [5.74, 6) is 0.307. The molecule has 3 nitrogen and oxygen atoms in total. The third-order valence-corrected chi connectivity index (χ3v) is 3.83. The molecule has 3 heteroatoms. The van der Waals surface area contributed by atoms with Crippen molar-refractivity contribution in [3.05, 3.63) is 35.4 Å². The maximum Gasteiger partial charge on any atom is 0.223 e. The van der Waals surface area contributed by atoms with E-state index in [9.17, 15) is 4.79 Å². The maximum atomic E-state index is 12.0. The van der Waals surface area contributed by atoms with Gasteiger partial charge in [0.15, 0.2) is 0 Å². The van der Waals surface area contributed by atoms with Gasteiger partial charge in [0.2, 0.25) is 5.91 Å². The first kappa shape index (κ1) is 14.1. The summed E-state index contributed by atoms with van der Waals surface area (Å²) in [7, 11) is 0. The Morgan fingerprint density at radius 1 is 1.32 bits per heavy atom. The van der Waals surface area contributed by atoms with Crippen molar-refractivity contribution in [2.45, 2.75) is 45.7 Å². The second-order valence-corrected chi connectivity index (χ2v) is 5.34. The summed E-state index contributed by atoms with van der Waals surface area (Å²) in [6, 6.07) is 8.89. The highest BCUT2D eigenvalue weighted by Gasteiger charge is 2.30. The lowest BCUT2D eigenvalue weighted by atomic mass is 10.1. The highest BCUT2D eigenvalue weighted by Crippen LogP contribution is 2.23. The largest absolute Gasteiger partial charge is 0.335 e. The molecule has 1 N–H and O–H groups in total. The highest BCUT2D eigenvalue weighted by atomic mass is 16.2. The average molecular weight is 260 g/mol. The quantitative estimate of drug-likeness (QED) is 0.797. The zero-order chi connectivity index (χ0) is 13.7. The summed E-state index contributed by atoms with van der Waals surface area (Å²) in [6.45, 7) is 6.96. The molecule has 2 rings (SSSR count). The molecule has 1 heterocycles. The van der Waals surface area contributed by atoms with E-state index in [2.05, 4.69) is 48.3 Å². The molecule has 1 atom stereocenters. The Kier molecular flexibility index (Phi) is 4.97. The highest BCUT2D eigenvalue weighted by molar-refractivity contribution is 5.78. The summed E-state index contributed by atoms with van der Waals surface area (Å²) in [6.07, 6.45) is 2.78. The smallest absolute Gasteiger partial charge is 0.223 e. The summed E-state index contributed by atoms with van der Waals surface area (Å²) in [4.78, 5) is 14.1. The number of nitrogens with zero attached hydrogens (tertiary/aromatic N) is 1. The van der Waals surface area contributed by atoms with Gasteiger partial charge in [-0.25, -0.2) is 0 Å². The Balaban J connectivity index is 1.95. The number of aryl methyl sites for hydroxylation is 1. The van der Waals surface area contributed by atoms with Gasteiger partial charge in [0.1, 0.15) is 0 Å². The van der Waals surface area contributed by atoms with Gasteiger partial charge in [-0.3, -0.25) is 4.79 Å². The van der Waals surface area contributed by atoms with E-state index >= 15 is 0 Å². The fourth-order valence-corrected chi connectivity index (χ4v) is 2.65. The predicted molar refractivity (Wildman–Crippen MR) is 77.9 cm³/mol. The topological polar surface area (TPSA) is 32.3 Å². The van der Waals surface area contributed by atoms with Crippen molar-refractivity contribution < 1.29 is 4.79 Å². The normalized spacial score (nSPS) is 19.2. The average Bonchev–Trinajstić information content (AvgIpc) is 2.74. The van der Waals surface area contributed by atoms with Gasteiger partial charge >= 0.3 is 0 Å². The van der Waals surface area contributed by atoms with Gasteiger partial charge < -0.3 is 10.2 Å². The van der Waals surface area contributed by atoms with Crippen LogP contribution in [0.15, 0.2) is 24.3 Å². The molecule has 104 valence electrons. The van der Waals surface area contributed by atoms with Crippen molar-refractivity contribution in [2.24, 2.45) is 0 Å². The van der Waals surface area contributed by atoms with Gasteiger partial charge in [0.25, 0.3) is 0 Å². The molecule has 0 radical (unpaired) electrons. The van der Waals surface area contributed by atoms with E-state index in [0.29, 0.717) is 18.4 Å². The molecule has 1 aromatic carbocycles. The minimum Gasteiger partial charge on any atom is -0.335 e. The van der Waals surface area contributed by atoms with E-state index in [1.165, 1.54) is 11.1 Å². The van der Waals surface area contributed by atoms with E-state index in [-0.39, 0.29) is 0 Å². The molecule has 0 aliphatic carbocycles. The second-order valence-electron chi connectivity index (χ2n) is 5.34. The molecule has 0 bridgehead atoms. The first-order chi connectivity index (χ1) is 9.20. The van der Waals surface area contributed by atoms with Gasteiger partial charge in [-0.15, -0.1) is 0 Å². The standard InChI is InChI=1S/C16H24N2O/c1-3-17-11-10-15-8-9-16(19)18(15)12-14-6-4-13(2)5-7-14/h4-7,15,17H,3,8-12H2,1-2H3. The molecule has 0 saturated carbocycles. The lowest BCUT2D eigenvalue weighted by Gasteiger charge is -2.25. The molecular formula is C16H24N2O. The van der Waals surface area contributed by atoms with E-state index in [4.69, 9.17) is 0 Å². The van der Waals surface area contributed by atoms with Crippen LogP contribution in [0, 0.1) is 6.92 Å². The number of nitrogens with one attached hydrogen (secondary N) is 1. The molecule has 0 spiro atoms. The monoisotopic (exact) mass is 260 g/mol. The number of amides is 1. The van der Waals surface area contributed by atoms with Crippen molar-refractivity contribution in [3.8, 4) is 0 Å². The Labute approximate surface area is 116 Å². The van der Waals surface area contributed by atoms with Crippen LogP contribution >= 0.6 is 0 Å². The zero-order valence-electron chi connectivity index (χ0n) is 12.0. The fourth-order valence-electron chi connectivity index (χ4n) is 2.65. The minimum absolute atomic E-state index is 0.307. The molecule has 1 fully saturated rings. The molecule has 0 aromatic heterocycles. The first-order valence-electron chi connectivity index (χ1n) is 7.26. The van der Waals surface area contributed by atoms with Crippen LogP contribution in [-0.2, 0) is 11.3 Å². The molecule has 1 aromatic rings. The van der Waals surface area contributed by atoms with Crippen LogP contribution in [0.1, 0.15) is 37.3 Å². The number of hydrogen-bond donors (Lipinski definition) is 1. The van der Waals surface area contributed by atoms with Gasteiger partial charge in [0, 0.05) is 19.0 Å². The molecule has 1 unspecified atom stereocenters. The molecule has 1 aliphatic heterocycles. The third-order valence-electron chi connectivity index (χ3n) is 3.83. The van der Waals surface area contributed by atoms with Gasteiger partial charge in [-0.1, -0.05) is 36.8 Å². The summed E-state index contributed by atoms with van der Waals surface area (Å²) in [5.41, 5.74) is 2.49. The molecule has 19 heavy (non-hydrogen) atoms. The number of hydrogen-bond acceptors (Lipinski definition) is 2. The number of likely N-dealkylation sites (tertiary alicyclic amines) is 1. The van der Waals surface area contributed by atoms with Crippen molar-refractivity contribution in [1.82, 2.24) is 10.2 Å². The van der Waals surface area contributed by atoms with E-state index in [1.807, 2.05) is 0 Å². The minimum atomic E-state index is 0.307. The Bertz CT molecular complexity index is 413. The Morgan fingerprint density at radius 2 is 2.05 bits per heavy atom. The Hall–Kier alpha value is -1.35. The van der Waals surface area contributed by atoms with Gasteiger partial charge in [-0.2, -0.15) is 0 Å². The number of rotatable bonds is 6. The van der Waals surface area contributed by atoms with E-state index < -0.39 is 0 Å². The molecule has 1 aliphatic rings.